The molecule has 4 aromatic rings. The smallest absolute Gasteiger partial charge is 0.390 e. The van der Waals surface area contributed by atoms with Crippen LogP contribution >= 0.6 is 0 Å². The molecule has 3 N–H and O–H groups in total. The van der Waals surface area contributed by atoms with Crippen LogP contribution in [0.1, 0.15) is 51.1 Å². The Hall–Kier alpha value is -4.05. The third kappa shape index (κ3) is 5.94. The largest absolute Gasteiger partial charge is 0.437 e. The van der Waals surface area contributed by atoms with E-state index in [4.69, 9.17) is 0 Å². The number of aliphatic hydroxyl groups is 1. The summed E-state index contributed by atoms with van der Waals surface area (Å²) in [5.74, 6) is 0.302. The molecular formula is C26H28F3N9O3S. The van der Waals surface area contributed by atoms with E-state index < -0.39 is 32.7 Å². The zero-order valence-electron chi connectivity index (χ0n) is 22.5. The summed E-state index contributed by atoms with van der Waals surface area (Å²) in [4.78, 5) is 12.6. The van der Waals surface area contributed by atoms with E-state index in [-0.39, 0.29) is 29.2 Å². The van der Waals surface area contributed by atoms with Gasteiger partial charge in [0.25, 0.3) is 10.0 Å². The summed E-state index contributed by atoms with van der Waals surface area (Å²) in [6, 6.07) is 4.84. The Morgan fingerprint density at radius 3 is 2.52 bits per heavy atom. The van der Waals surface area contributed by atoms with Crippen LogP contribution in [0.4, 0.5) is 30.4 Å². The molecule has 42 heavy (non-hydrogen) atoms. The van der Waals surface area contributed by atoms with Gasteiger partial charge in [0, 0.05) is 30.2 Å². The Morgan fingerprint density at radius 1 is 1.07 bits per heavy atom. The molecule has 0 unspecified atom stereocenters. The van der Waals surface area contributed by atoms with Gasteiger partial charge in [-0.3, -0.25) is 0 Å². The number of halogens is 3. The number of nitrogens with zero attached hydrogens (tertiary/aromatic N) is 7. The van der Waals surface area contributed by atoms with Gasteiger partial charge < -0.3 is 15.7 Å². The van der Waals surface area contributed by atoms with Gasteiger partial charge in [-0.1, -0.05) is 0 Å². The molecule has 6 rings (SSSR count). The maximum Gasteiger partial charge on any atom is 0.437 e. The summed E-state index contributed by atoms with van der Waals surface area (Å²) in [7, 11) is -3.60. The molecule has 12 nitrogen and oxygen atoms in total. The molecule has 0 atom stereocenters. The summed E-state index contributed by atoms with van der Waals surface area (Å²) in [5, 5.41) is 23.5. The van der Waals surface area contributed by atoms with E-state index >= 15 is 0 Å². The number of rotatable bonds is 8. The molecule has 16 heteroatoms. The quantitative estimate of drug-likeness (QED) is 0.268. The fourth-order valence-electron chi connectivity index (χ4n) is 4.83. The molecule has 0 bridgehead atoms. The van der Waals surface area contributed by atoms with Gasteiger partial charge >= 0.3 is 6.18 Å². The first kappa shape index (κ1) is 28.1. The Bertz CT molecular complexity index is 1700. The summed E-state index contributed by atoms with van der Waals surface area (Å²) in [5.41, 5.74) is -1.23. The second-order valence-corrected chi connectivity index (χ2v) is 13.0. The number of hydrogen-bond acceptors (Lipinski definition) is 10. The first-order valence-electron chi connectivity index (χ1n) is 13.4. The number of pyridine rings is 1. The van der Waals surface area contributed by atoms with Crippen molar-refractivity contribution >= 4 is 27.2 Å². The maximum atomic E-state index is 14.0. The summed E-state index contributed by atoms with van der Waals surface area (Å²) < 4.78 is 68.8. The van der Waals surface area contributed by atoms with Crippen LogP contribution in [-0.4, -0.2) is 64.3 Å². The molecule has 0 amide bonds. The van der Waals surface area contributed by atoms with Crippen molar-refractivity contribution in [1.82, 2.24) is 33.9 Å². The predicted molar refractivity (Wildman–Crippen MR) is 147 cm³/mol. The summed E-state index contributed by atoms with van der Waals surface area (Å²) in [6.45, 7) is 1.81. The molecule has 0 aromatic carbocycles. The average molecular weight is 604 g/mol. The third-order valence-corrected chi connectivity index (χ3v) is 9.37. The highest BCUT2D eigenvalue weighted by Crippen LogP contribution is 2.36. The minimum absolute atomic E-state index is 0.0411. The van der Waals surface area contributed by atoms with Gasteiger partial charge in [0.2, 0.25) is 0 Å². The standard InChI is InChI=1S/C26H28F3N9O3S/c1-25(39)8-4-17(5-9-25)33-18-6-10-30-22(12-18)37-15-20(23(36-37)26(27,28)29)34-21-7-11-31-24(35-21)16-13-32-38(14-16)42(40,41)19-2-3-19/h6-7,10-15,17,19,39H,2-5,8-9H2,1H3,(H,30,33)(H,31,34,35). The molecule has 2 aliphatic rings. The van der Waals surface area contributed by atoms with Crippen LogP contribution in [0.2, 0.25) is 0 Å². The predicted octanol–water partition coefficient (Wildman–Crippen LogP) is 4.13. The minimum atomic E-state index is -4.78. The van der Waals surface area contributed by atoms with Crippen molar-refractivity contribution in [1.29, 1.82) is 0 Å². The lowest BCUT2D eigenvalue weighted by atomic mass is 9.83. The highest BCUT2D eigenvalue weighted by Gasteiger charge is 2.39. The van der Waals surface area contributed by atoms with Gasteiger partial charge in [0.05, 0.1) is 40.7 Å². The molecule has 0 saturated heterocycles. The first-order chi connectivity index (χ1) is 19.9. The zero-order chi connectivity index (χ0) is 29.7. The van der Waals surface area contributed by atoms with Gasteiger partial charge in [0.1, 0.15) is 5.82 Å². The molecule has 2 fully saturated rings. The van der Waals surface area contributed by atoms with E-state index in [1.807, 2.05) is 6.92 Å². The number of nitrogens with one attached hydrogen (secondary N) is 2. The summed E-state index contributed by atoms with van der Waals surface area (Å²) >= 11 is 0. The van der Waals surface area contributed by atoms with Crippen molar-refractivity contribution in [3.8, 4) is 17.2 Å². The van der Waals surface area contributed by atoms with Crippen molar-refractivity contribution in [3.05, 3.63) is 54.9 Å². The normalized spacial score (nSPS) is 21.3. The molecular weight excluding hydrogens is 575 g/mol. The second-order valence-electron chi connectivity index (χ2n) is 10.9. The minimum Gasteiger partial charge on any atom is -0.390 e. The van der Waals surface area contributed by atoms with Gasteiger partial charge in [-0.2, -0.15) is 27.5 Å². The molecule has 0 spiro atoms. The van der Waals surface area contributed by atoms with E-state index in [0.717, 1.165) is 21.6 Å². The first-order valence-corrected chi connectivity index (χ1v) is 14.9. The lowest BCUT2D eigenvalue weighted by Gasteiger charge is -2.33. The van der Waals surface area contributed by atoms with Crippen LogP contribution < -0.4 is 10.6 Å². The monoisotopic (exact) mass is 603 g/mol. The van der Waals surface area contributed by atoms with Crippen LogP contribution in [0.15, 0.2) is 49.2 Å². The van der Waals surface area contributed by atoms with Crippen molar-refractivity contribution < 1.29 is 26.7 Å². The number of aromatic nitrogens is 7. The molecule has 0 radical (unpaired) electrons. The molecule has 2 saturated carbocycles. The number of anilines is 3. The molecule has 0 aliphatic heterocycles. The van der Waals surface area contributed by atoms with Gasteiger partial charge in [-0.25, -0.2) is 28.1 Å². The van der Waals surface area contributed by atoms with Crippen molar-refractivity contribution in [3.63, 3.8) is 0 Å². The number of alkyl halides is 3. The van der Waals surface area contributed by atoms with Gasteiger partial charge in [0.15, 0.2) is 17.3 Å². The van der Waals surface area contributed by atoms with Crippen LogP contribution in [0.3, 0.4) is 0 Å². The lowest BCUT2D eigenvalue weighted by Crippen LogP contribution is -2.35. The molecule has 2 aliphatic carbocycles. The van der Waals surface area contributed by atoms with Crippen LogP contribution in [0.25, 0.3) is 17.2 Å². The third-order valence-electron chi connectivity index (χ3n) is 7.34. The maximum absolute atomic E-state index is 14.0. The fraction of sp³-hybridized carbons (Fsp3) is 0.423. The van der Waals surface area contributed by atoms with E-state index in [9.17, 15) is 26.7 Å². The van der Waals surface area contributed by atoms with Gasteiger partial charge in [-0.05, 0) is 57.6 Å². The van der Waals surface area contributed by atoms with E-state index in [1.54, 1.807) is 12.1 Å². The Morgan fingerprint density at radius 2 is 1.81 bits per heavy atom. The van der Waals surface area contributed by atoms with Crippen LogP contribution in [0, 0.1) is 0 Å². The van der Waals surface area contributed by atoms with Crippen molar-refractivity contribution in [2.24, 2.45) is 0 Å². The number of hydrogen-bond donors (Lipinski definition) is 3. The van der Waals surface area contributed by atoms with Crippen LogP contribution in [-0.2, 0) is 16.2 Å². The van der Waals surface area contributed by atoms with Gasteiger partial charge in [-0.15, -0.1) is 0 Å². The second kappa shape index (κ2) is 10.3. The Balaban J connectivity index is 1.24. The highest BCUT2D eigenvalue weighted by molar-refractivity contribution is 7.90. The lowest BCUT2D eigenvalue weighted by molar-refractivity contribution is -0.140. The topological polar surface area (TPSA) is 153 Å². The van der Waals surface area contributed by atoms with Crippen LogP contribution in [0.5, 0.6) is 0 Å². The highest BCUT2D eigenvalue weighted by atomic mass is 32.2. The van der Waals surface area contributed by atoms with Crippen molar-refractivity contribution in [2.75, 3.05) is 10.6 Å². The molecule has 4 heterocycles. The fourth-order valence-corrected chi connectivity index (χ4v) is 6.31. The van der Waals surface area contributed by atoms with E-state index in [1.165, 1.54) is 37.1 Å². The van der Waals surface area contributed by atoms with E-state index in [2.05, 4.69) is 35.8 Å². The zero-order valence-corrected chi connectivity index (χ0v) is 23.3. The Kier molecular flexibility index (Phi) is 6.92. The molecule has 222 valence electrons. The average Bonchev–Trinajstić information content (AvgIpc) is 3.52. The van der Waals surface area contributed by atoms with E-state index in [0.29, 0.717) is 36.9 Å². The molecule has 4 aromatic heterocycles. The Labute approximate surface area is 239 Å². The summed E-state index contributed by atoms with van der Waals surface area (Å²) in [6.07, 6.45) is 5.77. The SMILES string of the molecule is CC1(O)CCC(Nc2ccnc(-n3cc(Nc4ccnc(-c5cnn(S(=O)(=O)C6CC6)c5)n4)c(C(F)(F)F)n3)c2)CC1. The van der Waals surface area contributed by atoms with Crippen molar-refractivity contribution in [2.45, 2.75) is 68.5 Å².